The second kappa shape index (κ2) is 8.23. The Bertz CT molecular complexity index is 1180. The summed E-state index contributed by atoms with van der Waals surface area (Å²) >= 11 is 12.7. The summed E-state index contributed by atoms with van der Waals surface area (Å²) in [6, 6.07) is 18.0. The maximum absolute atomic E-state index is 12.8. The lowest BCUT2D eigenvalue weighted by molar-refractivity contribution is 0.295. The molecular formula is C23H22Cl2N2O2S. The molecule has 1 aliphatic rings. The fourth-order valence-electron chi connectivity index (χ4n) is 3.85. The summed E-state index contributed by atoms with van der Waals surface area (Å²) in [4.78, 5) is 2.43. The van der Waals surface area contributed by atoms with Crippen LogP contribution < -0.4 is 4.72 Å². The topological polar surface area (TPSA) is 49.4 Å². The number of nitrogens with zero attached hydrogens (tertiary/aromatic N) is 1. The highest BCUT2D eigenvalue weighted by Gasteiger charge is 2.27. The summed E-state index contributed by atoms with van der Waals surface area (Å²) in [7, 11) is -1.61. The van der Waals surface area contributed by atoms with E-state index in [-0.39, 0.29) is 10.8 Å². The highest BCUT2D eigenvalue weighted by Crippen LogP contribution is 2.38. The first-order chi connectivity index (χ1) is 14.2. The van der Waals surface area contributed by atoms with Gasteiger partial charge in [0, 0.05) is 34.7 Å². The zero-order chi connectivity index (χ0) is 21.5. The maximum atomic E-state index is 12.8. The van der Waals surface area contributed by atoms with Gasteiger partial charge in [0.2, 0.25) is 0 Å². The third-order valence-electron chi connectivity index (χ3n) is 5.39. The molecule has 1 aliphatic heterocycles. The smallest absolute Gasteiger partial charge is 0.261 e. The molecule has 4 nitrogen and oxygen atoms in total. The van der Waals surface area contributed by atoms with Gasteiger partial charge >= 0.3 is 0 Å². The Labute approximate surface area is 187 Å². The lowest BCUT2D eigenvalue weighted by Crippen LogP contribution is -2.31. The molecule has 0 fully saturated rings. The first-order valence-corrected chi connectivity index (χ1v) is 11.8. The van der Waals surface area contributed by atoms with E-state index in [4.69, 9.17) is 23.2 Å². The average Bonchev–Trinajstić information content (AvgIpc) is 2.70. The Morgan fingerprint density at radius 2 is 1.67 bits per heavy atom. The van der Waals surface area contributed by atoms with Crippen LogP contribution in [0.2, 0.25) is 10.0 Å². The molecule has 3 aromatic carbocycles. The molecule has 0 saturated heterocycles. The Kier molecular flexibility index (Phi) is 5.82. The number of benzene rings is 3. The predicted octanol–water partition coefficient (Wildman–Crippen LogP) is 5.68. The van der Waals surface area contributed by atoms with Gasteiger partial charge in [0.25, 0.3) is 10.0 Å². The molecule has 30 heavy (non-hydrogen) atoms. The van der Waals surface area contributed by atoms with Gasteiger partial charge in [-0.05, 0) is 67.1 Å². The quantitative estimate of drug-likeness (QED) is 0.544. The van der Waals surface area contributed by atoms with Crippen molar-refractivity contribution in [1.29, 1.82) is 0 Å². The van der Waals surface area contributed by atoms with Gasteiger partial charge in [-0.3, -0.25) is 4.72 Å². The van der Waals surface area contributed by atoms with E-state index >= 15 is 0 Å². The van der Waals surface area contributed by atoms with E-state index in [2.05, 4.69) is 9.62 Å². The molecule has 0 bridgehead atoms. The summed E-state index contributed by atoms with van der Waals surface area (Å²) in [5.41, 5.74) is 4.80. The van der Waals surface area contributed by atoms with Crippen molar-refractivity contribution < 1.29 is 8.42 Å². The molecule has 7 heteroatoms. The number of fused-ring (bicyclic) bond motifs is 1. The van der Waals surface area contributed by atoms with Crippen LogP contribution in [0.1, 0.15) is 28.2 Å². The third-order valence-corrected chi connectivity index (χ3v) is 7.34. The second-order valence-electron chi connectivity index (χ2n) is 7.75. The number of likely N-dealkylation sites (N-methyl/N-ethyl adjacent to an activating group) is 1. The molecule has 0 aliphatic carbocycles. The minimum atomic E-state index is -3.66. The number of hydrogen-bond acceptors (Lipinski definition) is 3. The Balaban J connectivity index is 1.63. The minimum Gasteiger partial charge on any atom is -0.301 e. The summed E-state index contributed by atoms with van der Waals surface area (Å²) in [6.07, 6.45) is 0. The van der Waals surface area contributed by atoms with Crippen molar-refractivity contribution in [1.82, 2.24) is 4.90 Å². The lowest BCUT2D eigenvalue weighted by atomic mass is 9.85. The van der Waals surface area contributed by atoms with Crippen LogP contribution in [-0.2, 0) is 16.6 Å². The van der Waals surface area contributed by atoms with E-state index in [1.54, 1.807) is 30.3 Å². The third kappa shape index (κ3) is 4.35. The van der Waals surface area contributed by atoms with Crippen LogP contribution in [-0.4, -0.2) is 26.9 Å². The normalized spacial score (nSPS) is 16.9. The summed E-state index contributed by atoms with van der Waals surface area (Å²) in [5, 5.41) is 1.27. The van der Waals surface area contributed by atoms with Crippen molar-refractivity contribution in [3.05, 3.63) is 93.0 Å². The van der Waals surface area contributed by atoms with E-state index < -0.39 is 10.0 Å². The van der Waals surface area contributed by atoms with Crippen LogP contribution in [0.4, 0.5) is 5.69 Å². The van der Waals surface area contributed by atoms with Gasteiger partial charge < -0.3 is 4.90 Å². The lowest BCUT2D eigenvalue weighted by Gasteiger charge is -2.33. The summed E-state index contributed by atoms with van der Waals surface area (Å²) < 4.78 is 28.1. The van der Waals surface area contributed by atoms with Gasteiger partial charge in [-0.1, -0.05) is 53.0 Å². The molecule has 1 atom stereocenters. The molecule has 3 aromatic rings. The SMILES string of the molecule is Cc1ccc(NS(=O)(=O)c2ccc(C3CN(C)Cc4c(Cl)cc(Cl)cc43)cc2)cc1. The van der Waals surface area contributed by atoms with Crippen LogP contribution in [0, 0.1) is 6.92 Å². The zero-order valence-electron chi connectivity index (χ0n) is 16.7. The van der Waals surface area contributed by atoms with Gasteiger partial charge in [-0.25, -0.2) is 8.42 Å². The van der Waals surface area contributed by atoms with Crippen LogP contribution in [0.3, 0.4) is 0 Å². The molecule has 1 unspecified atom stereocenters. The largest absolute Gasteiger partial charge is 0.301 e. The van der Waals surface area contributed by atoms with Crippen molar-refractivity contribution in [3.8, 4) is 0 Å². The second-order valence-corrected chi connectivity index (χ2v) is 10.3. The van der Waals surface area contributed by atoms with E-state index in [0.29, 0.717) is 15.7 Å². The van der Waals surface area contributed by atoms with Crippen molar-refractivity contribution >= 4 is 38.9 Å². The molecule has 0 aromatic heterocycles. The van der Waals surface area contributed by atoms with Gasteiger partial charge in [-0.15, -0.1) is 0 Å². The van der Waals surface area contributed by atoms with Crippen LogP contribution in [0.25, 0.3) is 0 Å². The Morgan fingerprint density at radius 3 is 2.33 bits per heavy atom. The molecule has 0 amide bonds. The number of halogens is 2. The summed E-state index contributed by atoms with van der Waals surface area (Å²) in [6.45, 7) is 3.52. The Hall–Kier alpha value is -2.05. The molecule has 1 heterocycles. The molecule has 0 spiro atoms. The maximum Gasteiger partial charge on any atom is 0.261 e. The molecule has 156 valence electrons. The van der Waals surface area contributed by atoms with Crippen molar-refractivity contribution in [2.75, 3.05) is 18.3 Å². The first-order valence-electron chi connectivity index (χ1n) is 9.59. The number of sulfonamides is 1. The zero-order valence-corrected chi connectivity index (χ0v) is 19.0. The molecule has 1 N–H and O–H groups in total. The highest BCUT2D eigenvalue weighted by atomic mass is 35.5. The number of rotatable bonds is 4. The van der Waals surface area contributed by atoms with Crippen LogP contribution in [0.15, 0.2) is 65.6 Å². The van der Waals surface area contributed by atoms with Crippen LogP contribution in [0.5, 0.6) is 0 Å². The first kappa shape index (κ1) is 21.2. The summed E-state index contributed by atoms with van der Waals surface area (Å²) in [5.74, 6) is 0.0664. The van der Waals surface area contributed by atoms with Gasteiger partial charge in [0.05, 0.1) is 4.90 Å². The number of hydrogen-bond donors (Lipinski definition) is 1. The van der Waals surface area contributed by atoms with E-state index in [1.807, 2.05) is 44.3 Å². The molecule has 0 saturated carbocycles. The molecular weight excluding hydrogens is 439 g/mol. The fourth-order valence-corrected chi connectivity index (χ4v) is 5.47. The molecule has 0 radical (unpaired) electrons. The van der Waals surface area contributed by atoms with Gasteiger partial charge in [0.15, 0.2) is 0 Å². The van der Waals surface area contributed by atoms with E-state index in [1.165, 1.54) is 0 Å². The Morgan fingerprint density at radius 1 is 1.00 bits per heavy atom. The number of aryl methyl sites for hydroxylation is 1. The average molecular weight is 461 g/mol. The van der Waals surface area contributed by atoms with Crippen LogP contribution >= 0.6 is 23.2 Å². The van der Waals surface area contributed by atoms with Gasteiger partial charge in [-0.2, -0.15) is 0 Å². The predicted molar refractivity (Wildman–Crippen MR) is 123 cm³/mol. The standard InChI is InChI=1S/C23H22Cl2N2O2S/c1-15-3-7-18(8-4-15)26-30(28,29)19-9-5-16(6-10-19)21-13-27(2)14-22-20(21)11-17(24)12-23(22)25/h3-12,21,26H,13-14H2,1-2H3. The number of anilines is 1. The van der Waals surface area contributed by atoms with Gasteiger partial charge in [0.1, 0.15) is 0 Å². The van der Waals surface area contributed by atoms with Crippen molar-refractivity contribution in [3.63, 3.8) is 0 Å². The van der Waals surface area contributed by atoms with E-state index in [0.717, 1.165) is 35.3 Å². The van der Waals surface area contributed by atoms with Crippen molar-refractivity contribution in [2.24, 2.45) is 0 Å². The minimum absolute atomic E-state index is 0.0664. The number of nitrogens with one attached hydrogen (secondary N) is 1. The fraction of sp³-hybridized carbons (Fsp3) is 0.217. The molecule has 4 rings (SSSR count). The van der Waals surface area contributed by atoms with E-state index in [9.17, 15) is 8.42 Å². The monoisotopic (exact) mass is 460 g/mol. The highest BCUT2D eigenvalue weighted by molar-refractivity contribution is 7.92. The van der Waals surface area contributed by atoms with Crippen molar-refractivity contribution in [2.45, 2.75) is 24.3 Å².